The molecule has 0 aliphatic carbocycles. The lowest BCUT2D eigenvalue weighted by Crippen LogP contribution is -1.95. The van der Waals surface area contributed by atoms with Gasteiger partial charge in [0, 0.05) is 29.9 Å². The average molecular weight is 215 g/mol. The number of hydrogen-bond donors (Lipinski definition) is 1. The summed E-state index contributed by atoms with van der Waals surface area (Å²) in [5.74, 6) is 0.361. The lowest BCUT2D eigenvalue weighted by molar-refractivity contribution is -0.118. The van der Waals surface area contributed by atoms with Gasteiger partial charge in [-0.15, -0.1) is 0 Å². The van der Waals surface area contributed by atoms with E-state index in [4.69, 9.17) is 0 Å². The van der Waals surface area contributed by atoms with Gasteiger partial charge >= 0.3 is 0 Å². The molecule has 84 valence electrons. The van der Waals surface area contributed by atoms with Crippen molar-refractivity contribution < 1.29 is 4.79 Å². The highest BCUT2D eigenvalue weighted by atomic mass is 16.1. The number of carbonyl (C=O) groups excluding carboxylic acids is 1. The average Bonchev–Trinajstić information content (AvgIpc) is 2.73. The van der Waals surface area contributed by atoms with Gasteiger partial charge in [-0.2, -0.15) is 0 Å². The van der Waals surface area contributed by atoms with Gasteiger partial charge in [0.25, 0.3) is 0 Å². The largest absolute Gasteiger partial charge is 0.361 e. The van der Waals surface area contributed by atoms with Crippen LogP contribution in [0.5, 0.6) is 0 Å². The van der Waals surface area contributed by atoms with Gasteiger partial charge in [0.15, 0.2) is 0 Å². The van der Waals surface area contributed by atoms with E-state index in [1.165, 1.54) is 16.5 Å². The van der Waals surface area contributed by atoms with E-state index in [1.807, 2.05) is 13.0 Å². The summed E-state index contributed by atoms with van der Waals surface area (Å²) in [7, 11) is 0. The van der Waals surface area contributed by atoms with Crippen LogP contribution in [0.3, 0.4) is 0 Å². The molecule has 16 heavy (non-hydrogen) atoms. The van der Waals surface area contributed by atoms with Crippen LogP contribution in [0, 0.1) is 0 Å². The molecule has 0 bridgehead atoms. The fraction of sp³-hybridized carbons (Fsp3) is 0.357. The van der Waals surface area contributed by atoms with Crippen LogP contribution in [0.15, 0.2) is 30.5 Å². The third-order valence-electron chi connectivity index (χ3n) is 2.97. The predicted octanol–water partition coefficient (Wildman–Crippen LogP) is 3.47. The van der Waals surface area contributed by atoms with E-state index < -0.39 is 0 Å². The van der Waals surface area contributed by atoms with Crippen LogP contribution in [0.2, 0.25) is 0 Å². The molecule has 0 radical (unpaired) electrons. The standard InChI is InChI=1S/C14H17NO/c1-2-12(16)7-5-6-11-10-15-14-9-4-3-8-13(11)14/h3-4,8-10,15H,2,5-7H2,1H3. The molecule has 1 N–H and O–H groups in total. The fourth-order valence-electron chi connectivity index (χ4n) is 1.99. The minimum Gasteiger partial charge on any atom is -0.361 e. The van der Waals surface area contributed by atoms with Crippen molar-refractivity contribution in [2.24, 2.45) is 0 Å². The summed E-state index contributed by atoms with van der Waals surface area (Å²) in [6, 6.07) is 8.29. The van der Waals surface area contributed by atoms with Crippen LogP contribution >= 0.6 is 0 Å². The van der Waals surface area contributed by atoms with Crippen LogP contribution in [0.4, 0.5) is 0 Å². The van der Waals surface area contributed by atoms with Gasteiger partial charge in [0.2, 0.25) is 0 Å². The lowest BCUT2D eigenvalue weighted by atomic mass is 10.1. The molecule has 1 heterocycles. The number of hydrogen-bond acceptors (Lipinski definition) is 1. The Kier molecular flexibility index (Phi) is 3.40. The Labute approximate surface area is 95.7 Å². The molecular formula is C14H17NO. The number of ketones is 1. The molecule has 0 atom stereocenters. The first-order chi connectivity index (χ1) is 7.81. The Morgan fingerprint density at radius 1 is 1.31 bits per heavy atom. The van der Waals surface area contributed by atoms with Gasteiger partial charge in [0.1, 0.15) is 5.78 Å². The van der Waals surface area contributed by atoms with Crippen LogP contribution in [0.1, 0.15) is 31.7 Å². The Balaban J connectivity index is 2.02. The second kappa shape index (κ2) is 4.97. The molecule has 0 aliphatic heterocycles. The third kappa shape index (κ3) is 2.32. The van der Waals surface area contributed by atoms with Crippen LogP contribution in [0.25, 0.3) is 10.9 Å². The number of H-pyrrole nitrogens is 1. The molecule has 2 rings (SSSR count). The number of benzene rings is 1. The van der Waals surface area contributed by atoms with E-state index >= 15 is 0 Å². The summed E-state index contributed by atoms with van der Waals surface area (Å²) in [6.45, 7) is 1.92. The van der Waals surface area contributed by atoms with Gasteiger partial charge in [0.05, 0.1) is 0 Å². The number of rotatable bonds is 5. The molecule has 1 aromatic heterocycles. The first-order valence-electron chi connectivity index (χ1n) is 5.88. The van der Waals surface area contributed by atoms with Gasteiger partial charge < -0.3 is 4.98 Å². The summed E-state index contributed by atoms with van der Waals surface area (Å²) >= 11 is 0. The predicted molar refractivity (Wildman–Crippen MR) is 66.5 cm³/mol. The summed E-state index contributed by atoms with van der Waals surface area (Å²) < 4.78 is 0. The molecule has 0 unspecified atom stereocenters. The molecule has 2 heteroatoms. The van der Waals surface area contributed by atoms with E-state index in [0.717, 1.165) is 12.8 Å². The molecule has 0 amide bonds. The van der Waals surface area contributed by atoms with E-state index in [-0.39, 0.29) is 0 Å². The number of aromatic nitrogens is 1. The monoisotopic (exact) mass is 215 g/mol. The molecule has 1 aromatic carbocycles. The number of Topliss-reactive ketones (excluding diaryl/α,β-unsaturated/α-hetero) is 1. The van der Waals surface area contributed by atoms with Crippen molar-refractivity contribution in [3.8, 4) is 0 Å². The van der Waals surface area contributed by atoms with Crippen LogP contribution < -0.4 is 0 Å². The van der Waals surface area contributed by atoms with Crippen molar-refractivity contribution in [3.05, 3.63) is 36.0 Å². The fourth-order valence-corrected chi connectivity index (χ4v) is 1.99. The number of fused-ring (bicyclic) bond motifs is 1. The Bertz CT molecular complexity index is 484. The smallest absolute Gasteiger partial charge is 0.132 e. The lowest BCUT2D eigenvalue weighted by Gasteiger charge is -1.98. The number of aryl methyl sites for hydroxylation is 1. The molecular weight excluding hydrogens is 198 g/mol. The minimum absolute atomic E-state index is 0.361. The molecule has 0 fully saturated rings. The highest BCUT2D eigenvalue weighted by molar-refractivity contribution is 5.83. The maximum Gasteiger partial charge on any atom is 0.132 e. The number of para-hydroxylation sites is 1. The summed E-state index contributed by atoms with van der Waals surface area (Å²) in [5, 5.41) is 1.28. The quantitative estimate of drug-likeness (QED) is 0.813. The van der Waals surface area contributed by atoms with E-state index in [1.54, 1.807) is 0 Å². The Hall–Kier alpha value is -1.57. The summed E-state index contributed by atoms with van der Waals surface area (Å²) in [6.07, 6.45) is 5.36. The number of nitrogens with one attached hydrogen (secondary N) is 1. The molecule has 0 spiro atoms. The number of carbonyl (C=O) groups is 1. The third-order valence-corrected chi connectivity index (χ3v) is 2.97. The zero-order valence-corrected chi connectivity index (χ0v) is 9.62. The van der Waals surface area contributed by atoms with Crippen molar-refractivity contribution in [1.29, 1.82) is 0 Å². The molecule has 0 saturated heterocycles. The second-order valence-corrected chi connectivity index (χ2v) is 4.11. The topological polar surface area (TPSA) is 32.9 Å². The highest BCUT2D eigenvalue weighted by Crippen LogP contribution is 2.19. The molecule has 2 nitrogen and oxygen atoms in total. The molecule has 0 aliphatic rings. The second-order valence-electron chi connectivity index (χ2n) is 4.11. The van der Waals surface area contributed by atoms with Gasteiger partial charge in [-0.05, 0) is 24.5 Å². The zero-order chi connectivity index (χ0) is 11.4. The van der Waals surface area contributed by atoms with Crippen LogP contribution in [-0.4, -0.2) is 10.8 Å². The van der Waals surface area contributed by atoms with Gasteiger partial charge in [-0.25, -0.2) is 0 Å². The Morgan fingerprint density at radius 3 is 2.94 bits per heavy atom. The van der Waals surface area contributed by atoms with E-state index in [9.17, 15) is 4.79 Å². The Morgan fingerprint density at radius 2 is 2.12 bits per heavy atom. The molecule has 2 aromatic rings. The SMILES string of the molecule is CCC(=O)CCCc1c[nH]c2ccccc12. The van der Waals surface area contributed by atoms with Gasteiger partial charge in [-0.1, -0.05) is 25.1 Å². The minimum atomic E-state index is 0.361. The van der Waals surface area contributed by atoms with Gasteiger partial charge in [-0.3, -0.25) is 4.79 Å². The zero-order valence-electron chi connectivity index (χ0n) is 9.62. The first-order valence-corrected chi connectivity index (χ1v) is 5.88. The highest BCUT2D eigenvalue weighted by Gasteiger charge is 2.03. The first kappa shape index (κ1) is 10.9. The summed E-state index contributed by atoms with van der Waals surface area (Å²) in [5.41, 5.74) is 2.50. The van der Waals surface area contributed by atoms with Crippen molar-refractivity contribution in [2.75, 3.05) is 0 Å². The maximum absolute atomic E-state index is 11.2. The molecule has 0 saturated carbocycles. The summed E-state index contributed by atoms with van der Waals surface area (Å²) in [4.78, 5) is 14.5. The number of aromatic amines is 1. The van der Waals surface area contributed by atoms with E-state index in [0.29, 0.717) is 18.6 Å². The van der Waals surface area contributed by atoms with Crippen LogP contribution in [-0.2, 0) is 11.2 Å². The van der Waals surface area contributed by atoms with Crippen molar-refractivity contribution >= 4 is 16.7 Å². The van der Waals surface area contributed by atoms with E-state index in [2.05, 4.69) is 29.4 Å². The van der Waals surface area contributed by atoms with Crippen molar-refractivity contribution in [2.45, 2.75) is 32.6 Å². The van der Waals surface area contributed by atoms with Crippen molar-refractivity contribution in [3.63, 3.8) is 0 Å². The van der Waals surface area contributed by atoms with Crippen molar-refractivity contribution in [1.82, 2.24) is 4.98 Å². The maximum atomic E-state index is 11.2. The normalized spacial score (nSPS) is 10.8.